The Kier molecular flexibility index (Phi) is 4.82. The molecule has 1 aromatic rings. The number of methoxy groups -OCH3 is 2. The van der Waals surface area contributed by atoms with Gasteiger partial charge in [-0.2, -0.15) is 0 Å². The molecule has 4 amide bonds. The molecule has 0 bridgehead atoms. The van der Waals surface area contributed by atoms with Crippen LogP contribution in [-0.4, -0.2) is 44.7 Å². The second kappa shape index (κ2) is 6.79. The van der Waals surface area contributed by atoms with E-state index in [1.807, 2.05) is 0 Å². The molecule has 22 heavy (non-hydrogen) atoms. The van der Waals surface area contributed by atoms with Gasteiger partial charge in [-0.1, -0.05) is 6.07 Å². The Balaban J connectivity index is 1.89. The Hall–Kier alpha value is -2.77. The van der Waals surface area contributed by atoms with Crippen LogP contribution in [0.15, 0.2) is 18.2 Å². The molecule has 8 heteroatoms. The van der Waals surface area contributed by atoms with E-state index in [9.17, 15) is 14.4 Å². The highest BCUT2D eigenvalue weighted by molar-refractivity contribution is 6.04. The zero-order valence-electron chi connectivity index (χ0n) is 12.3. The van der Waals surface area contributed by atoms with Gasteiger partial charge >= 0.3 is 6.03 Å². The zero-order valence-corrected chi connectivity index (χ0v) is 12.3. The number of nitrogens with one attached hydrogen (secondary N) is 3. The smallest absolute Gasteiger partial charge is 0.322 e. The second-order valence-electron chi connectivity index (χ2n) is 4.69. The van der Waals surface area contributed by atoms with E-state index in [1.54, 1.807) is 18.2 Å². The van der Waals surface area contributed by atoms with Crippen LogP contribution in [0.25, 0.3) is 0 Å². The summed E-state index contributed by atoms with van der Waals surface area (Å²) in [7, 11) is 3.05. The molecule has 0 aromatic heterocycles. The van der Waals surface area contributed by atoms with Crippen LogP contribution >= 0.6 is 0 Å². The molecule has 0 radical (unpaired) electrons. The molecule has 8 nitrogen and oxygen atoms in total. The molecule has 1 aromatic carbocycles. The normalized spacial score (nSPS) is 16.7. The molecule has 1 atom stereocenters. The van der Waals surface area contributed by atoms with Crippen molar-refractivity contribution in [3.05, 3.63) is 23.8 Å². The van der Waals surface area contributed by atoms with Crippen LogP contribution in [-0.2, 0) is 16.0 Å². The zero-order chi connectivity index (χ0) is 16.1. The van der Waals surface area contributed by atoms with E-state index in [0.29, 0.717) is 11.5 Å². The third kappa shape index (κ3) is 3.66. The summed E-state index contributed by atoms with van der Waals surface area (Å²) in [6, 6.07) is 3.89. The lowest BCUT2D eigenvalue weighted by molar-refractivity contribution is -0.121. The quantitative estimate of drug-likeness (QED) is 0.618. The van der Waals surface area contributed by atoms with Crippen LogP contribution in [0, 0.1) is 0 Å². The van der Waals surface area contributed by atoms with Gasteiger partial charge in [-0.25, -0.2) is 4.79 Å². The third-order valence-electron chi connectivity index (χ3n) is 3.17. The van der Waals surface area contributed by atoms with E-state index >= 15 is 0 Å². The fraction of sp³-hybridized carbons (Fsp3) is 0.357. The fourth-order valence-corrected chi connectivity index (χ4v) is 2.06. The number of amides is 4. The summed E-state index contributed by atoms with van der Waals surface area (Å²) in [4.78, 5) is 34.2. The van der Waals surface area contributed by atoms with Crippen molar-refractivity contribution < 1.29 is 23.9 Å². The topological polar surface area (TPSA) is 106 Å². The van der Waals surface area contributed by atoms with Crippen molar-refractivity contribution in [2.75, 3.05) is 20.8 Å². The summed E-state index contributed by atoms with van der Waals surface area (Å²) in [5, 5.41) is 7.11. The van der Waals surface area contributed by atoms with E-state index in [4.69, 9.17) is 9.47 Å². The number of urea groups is 1. The third-order valence-corrected chi connectivity index (χ3v) is 3.17. The monoisotopic (exact) mass is 307 g/mol. The number of benzene rings is 1. The molecule has 118 valence electrons. The highest BCUT2D eigenvalue weighted by Crippen LogP contribution is 2.27. The number of hydrogen-bond acceptors (Lipinski definition) is 5. The standard InChI is InChI=1S/C14H17N3O5/c1-21-10-4-3-8(5-11(10)22-2)6-12(18)15-7-9-13(19)17-14(20)16-9/h3-5,9H,6-7H2,1-2H3,(H,15,18)(H2,16,17,19,20). The summed E-state index contributed by atoms with van der Waals surface area (Å²) in [5.41, 5.74) is 0.745. The largest absolute Gasteiger partial charge is 0.493 e. The average Bonchev–Trinajstić information content (AvgIpc) is 2.82. The molecule has 1 saturated heterocycles. The summed E-state index contributed by atoms with van der Waals surface area (Å²) >= 11 is 0. The van der Waals surface area contributed by atoms with E-state index in [0.717, 1.165) is 5.56 Å². The van der Waals surface area contributed by atoms with E-state index in [1.165, 1.54) is 14.2 Å². The Labute approximate surface area is 127 Å². The highest BCUT2D eigenvalue weighted by atomic mass is 16.5. The highest BCUT2D eigenvalue weighted by Gasteiger charge is 2.29. The first-order valence-electron chi connectivity index (χ1n) is 6.62. The maximum absolute atomic E-state index is 11.9. The van der Waals surface area contributed by atoms with Gasteiger partial charge < -0.3 is 20.1 Å². The van der Waals surface area contributed by atoms with Crippen molar-refractivity contribution in [3.8, 4) is 11.5 Å². The van der Waals surface area contributed by atoms with Gasteiger partial charge in [-0.05, 0) is 17.7 Å². The molecule has 0 spiro atoms. The molecular formula is C14H17N3O5. The number of carbonyl (C=O) groups is 3. The van der Waals surface area contributed by atoms with Crippen LogP contribution < -0.4 is 25.4 Å². The first-order valence-corrected chi connectivity index (χ1v) is 6.62. The van der Waals surface area contributed by atoms with E-state index < -0.39 is 18.0 Å². The second-order valence-corrected chi connectivity index (χ2v) is 4.69. The van der Waals surface area contributed by atoms with Gasteiger partial charge in [0.2, 0.25) is 5.91 Å². The van der Waals surface area contributed by atoms with Crippen molar-refractivity contribution in [1.29, 1.82) is 0 Å². The lowest BCUT2D eigenvalue weighted by Crippen LogP contribution is -2.42. The predicted molar refractivity (Wildman–Crippen MR) is 76.7 cm³/mol. The summed E-state index contributed by atoms with van der Waals surface area (Å²) in [6.07, 6.45) is 0.128. The average molecular weight is 307 g/mol. The minimum Gasteiger partial charge on any atom is -0.493 e. The van der Waals surface area contributed by atoms with Crippen LogP contribution in [0.3, 0.4) is 0 Å². The number of hydrogen-bond donors (Lipinski definition) is 3. The minimum atomic E-state index is -0.734. The number of ether oxygens (including phenoxy) is 2. The van der Waals surface area contributed by atoms with E-state index in [2.05, 4.69) is 16.0 Å². The first-order chi connectivity index (χ1) is 10.5. The van der Waals surface area contributed by atoms with Crippen molar-refractivity contribution >= 4 is 17.8 Å². The van der Waals surface area contributed by atoms with Gasteiger partial charge in [0.05, 0.1) is 20.6 Å². The van der Waals surface area contributed by atoms with Crippen molar-refractivity contribution in [2.24, 2.45) is 0 Å². The maximum atomic E-state index is 11.9. The molecule has 1 aliphatic rings. The molecule has 1 aliphatic heterocycles. The van der Waals surface area contributed by atoms with E-state index in [-0.39, 0.29) is 18.9 Å². The van der Waals surface area contributed by atoms with Gasteiger partial charge in [-0.3, -0.25) is 14.9 Å². The Morgan fingerprint density at radius 3 is 2.55 bits per heavy atom. The summed E-state index contributed by atoms with van der Waals surface area (Å²) < 4.78 is 10.3. The SMILES string of the molecule is COc1ccc(CC(=O)NCC2NC(=O)NC2=O)cc1OC. The Morgan fingerprint density at radius 1 is 1.23 bits per heavy atom. The van der Waals surface area contributed by atoms with Crippen LogP contribution in [0.5, 0.6) is 11.5 Å². The van der Waals surface area contributed by atoms with Crippen LogP contribution in [0.2, 0.25) is 0 Å². The number of rotatable bonds is 6. The van der Waals surface area contributed by atoms with Crippen molar-refractivity contribution in [3.63, 3.8) is 0 Å². The van der Waals surface area contributed by atoms with Gasteiger partial charge in [-0.15, -0.1) is 0 Å². The molecule has 3 N–H and O–H groups in total. The molecule has 0 saturated carbocycles. The lowest BCUT2D eigenvalue weighted by atomic mass is 10.1. The lowest BCUT2D eigenvalue weighted by Gasteiger charge is -2.11. The molecular weight excluding hydrogens is 290 g/mol. The molecule has 1 heterocycles. The van der Waals surface area contributed by atoms with Crippen LogP contribution in [0.1, 0.15) is 5.56 Å². The predicted octanol–water partition coefficient (Wildman–Crippen LogP) is -0.429. The number of imide groups is 1. The van der Waals surface area contributed by atoms with Gasteiger partial charge in [0.15, 0.2) is 11.5 Å². The van der Waals surface area contributed by atoms with Crippen molar-refractivity contribution in [2.45, 2.75) is 12.5 Å². The van der Waals surface area contributed by atoms with Crippen LogP contribution in [0.4, 0.5) is 4.79 Å². The molecule has 1 unspecified atom stereocenters. The Morgan fingerprint density at radius 2 is 1.95 bits per heavy atom. The summed E-state index contributed by atoms with van der Waals surface area (Å²) in [5.74, 6) is 0.407. The Bertz CT molecular complexity index is 602. The van der Waals surface area contributed by atoms with Gasteiger partial charge in [0.1, 0.15) is 6.04 Å². The first kappa shape index (κ1) is 15.6. The number of carbonyl (C=O) groups excluding carboxylic acids is 3. The summed E-state index contributed by atoms with van der Waals surface area (Å²) in [6.45, 7) is 0.0453. The molecule has 0 aliphatic carbocycles. The fourth-order valence-electron chi connectivity index (χ4n) is 2.06. The van der Waals surface area contributed by atoms with Crippen molar-refractivity contribution in [1.82, 2.24) is 16.0 Å². The molecule has 1 fully saturated rings. The van der Waals surface area contributed by atoms with Gasteiger partial charge in [0.25, 0.3) is 5.91 Å². The molecule has 2 rings (SSSR count). The maximum Gasteiger partial charge on any atom is 0.322 e. The van der Waals surface area contributed by atoms with Gasteiger partial charge in [0, 0.05) is 6.54 Å². The minimum absolute atomic E-state index is 0.0453.